The Morgan fingerprint density at radius 3 is 2.88 bits per heavy atom. The topological polar surface area (TPSA) is 103 Å². The summed E-state index contributed by atoms with van der Waals surface area (Å²) in [6.45, 7) is 2.08. The molecule has 7 nitrogen and oxygen atoms in total. The number of rotatable bonds is 6. The van der Waals surface area contributed by atoms with Crippen molar-refractivity contribution in [3.63, 3.8) is 0 Å². The number of carbonyl (C=O) groups is 1. The molecule has 3 rings (SSSR count). The Hall–Kier alpha value is -2.80. The number of hydrogen-bond donors (Lipinski definition) is 4. The molecule has 2 aromatic heterocycles. The number of carbonyl (C=O) groups excluding carboxylic acids is 1. The van der Waals surface area contributed by atoms with Gasteiger partial charge in [0.25, 0.3) is 0 Å². The zero-order valence-corrected chi connectivity index (χ0v) is 13.4. The maximum atomic E-state index is 11.8. The number of fused-ring (bicyclic) bond motifs is 1. The molecule has 0 saturated carbocycles. The van der Waals surface area contributed by atoms with E-state index in [2.05, 4.69) is 20.6 Å². The molecule has 0 radical (unpaired) electrons. The predicted molar refractivity (Wildman–Crippen MR) is 89.5 cm³/mol. The van der Waals surface area contributed by atoms with E-state index in [-0.39, 0.29) is 12.6 Å². The molecule has 7 heteroatoms. The van der Waals surface area contributed by atoms with Gasteiger partial charge in [-0.2, -0.15) is 0 Å². The highest BCUT2D eigenvalue weighted by Crippen LogP contribution is 2.19. The molecule has 1 unspecified atom stereocenters. The van der Waals surface area contributed by atoms with E-state index in [0.717, 1.165) is 16.9 Å². The van der Waals surface area contributed by atoms with Crippen molar-refractivity contribution in [3.05, 3.63) is 54.2 Å². The molecule has 126 valence electrons. The quantitative estimate of drug-likeness (QED) is 0.555. The number of nitrogens with zero attached hydrogens (tertiary/aromatic N) is 1. The fraction of sp³-hybridized carbons (Fsp3) is 0.294. The van der Waals surface area contributed by atoms with Gasteiger partial charge in [-0.25, -0.2) is 9.78 Å². The zero-order chi connectivity index (χ0) is 17.0. The van der Waals surface area contributed by atoms with Crippen LogP contribution in [0.1, 0.15) is 18.5 Å². The fourth-order valence-electron chi connectivity index (χ4n) is 2.41. The molecule has 3 aromatic rings. The molecule has 4 N–H and O–H groups in total. The molecule has 0 aliphatic heterocycles. The van der Waals surface area contributed by atoms with E-state index >= 15 is 0 Å². The van der Waals surface area contributed by atoms with Crippen molar-refractivity contribution in [1.29, 1.82) is 0 Å². The van der Waals surface area contributed by atoms with E-state index < -0.39 is 5.60 Å². The van der Waals surface area contributed by atoms with Crippen LogP contribution in [0.15, 0.2) is 47.1 Å². The van der Waals surface area contributed by atoms with Crippen molar-refractivity contribution >= 4 is 17.1 Å². The first-order valence-electron chi connectivity index (χ1n) is 7.76. The summed E-state index contributed by atoms with van der Waals surface area (Å²) in [7, 11) is 0. The van der Waals surface area contributed by atoms with Gasteiger partial charge in [-0.15, -0.1) is 0 Å². The maximum absolute atomic E-state index is 11.8. The van der Waals surface area contributed by atoms with E-state index in [1.807, 2.05) is 24.3 Å². The predicted octanol–water partition coefficient (Wildman–Crippen LogP) is 1.91. The third-order valence-corrected chi connectivity index (χ3v) is 3.73. The molecule has 2 heterocycles. The van der Waals surface area contributed by atoms with Crippen molar-refractivity contribution in [1.82, 2.24) is 20.6 Å². The number of H-pyrrole nitrogens is 1. The van der Waals surface area contributed by atoms with Crippen molar-refractivity contribution in [3.8, 4) is 0 Å². The normalized spacial score (nSPS) is 13.6. The lowest BCUT2D eigenvalue weighted by Gasteiger charge is -2.21. The number of aliphatic hydroxyl groups is 1. The Morgan fingerprint density at radius 1 is 1.29 bits per heavy atom. The molecule has 0 saturated heterocycles. The van der Waals surface area contributed by atoms with Crippen molar-refractivity contribution in [2.45, 2.75) is 18.9 Å². The Balaban J connectivity index is 1.44. The Labute approximate surface area is 139 Å². The number of benzene rings is 1. The lowest BCUT2D eigenvalue weighted by atomic mass is 10.0. The van der Waals surface area contributed by atoms with Crippen LogP contribution in [0, 0.1) is 0 Å². The van der Waals surface area contributed by atoms with E-state index in [4.69, 9.17) is 4.42 Å². The largest absolute Gasteiger partial charge is 0.466 e. The smallest absolute Gasteiger partial charge is 0.314 e. The summed E-state index contributed by atoms with van der Waals surface area (Å²) >= 11 is 0. The Morgan fingerprint density at radius 2 is 2.12 bits per heavy atom. The van der Waals surface area contributed by atoms with Crippen molar-refractivity contribution < 1.29 is 14.3 Å². The Kier molecular flexibility index (Phi) is 4.52. The standard InChI is InChI=1S/C17H20N4O3/c1-17(23,14-7-4-10-24-14)11-19-16(22)18-9-8-15-20-12-5-2-3-6-13(12)21-15/h2-7,10,23H,8-9,11H2,1H3,(H,20,21)(H2,18,19,22). The van der Waals surface area contributed by atoms with Crippen LogP contribution in [0.4, 0.5) is 4.79 Å². The summed E-state index contributed by atoms with van der Waals surface area (Å²) in [5.74, 6) is 1.23. The minimum atomic E-state index is -1.25. The van der Waals surface area contributed by atoms with Crippen molar-refractivity contribution in [2.24, 2.45) is 0 Å². The molecular formula is C17H20N4O3. The van der Waals surface area contributed by atoms with Crippen LogP contribution in [-0.4, -0.2) is 34.2 Å². The van der Waals surface area contributed by atoms with Crippen molar-refractivity contribution in [2.75, 3.05) is 13.1 Å². The summed E-state index contributed by atoms with van der Waals surface area (Å²) in [4.78, 5) is 19.5. The summed E-state index contributed by atoms with van der Waals surface area (Å²) in [6.07, 6.45) is 2.08. The number of para-hydroxylation sites is 2. The molecule has 1 aromatic carbocycles. The van der Waals surface area contributed by atoms with Crippen LogP contribution >= 0.6 is 0 Å². The first-order chi connectivity index (χ1) is 11.5. The van der Waals surface area contributed by atoms with Gasteiger partial charge < -0.3 is 25.1 Å². The molecule has 1 atom stereocenters. The maximum Gasteiger partial charge on any atom is 0.314 e. The first-order valence-corrected chi connectivity index (χ1v) is 7.76. The number of urea groups is 1. The number of nitrogens with one attached hydrogen (secondary N) is 3. The summed E-state index contributed by atoms with van der Waals surface area (Å²) in [6, 6.07) is 10.8. The van der Waals surface area contributed by atoms with E-state index in [1.165, 1.54) is 6.26 Å². The highest BCUT2D eigenvalue weighted by atomic mass is 16.4. The molecule has 0 aliphatic carbocycles. The molecule has 0 spiro atoms. The number of amides is 2. The molecule has 0 fully saturated rings. The third kappa shape index (κ3) is 3.75. The lowest BCUT2D eigenvalue weighted by molar-refractivity contribution is 0.0367. The molecule has 0 aliphatic rings. The summed E-state index contributed by atoms with van der Waals surface area (Å²) < 4.78 is 5.16. The van der Waals surface area contributed by atoms with Crippen LogP contribution in [-0.2, 0) is 12.0 Å². The second-order valence-electron chi connectivity index (χ2n) is 5.81. The van der Waals surface area contributed by atoms with Gasteiger partial charge in [-0.05, 0) is 31.2 Å². The molecule has 2 amide bonds. The van der Waals surface area contributed by atoms with Crippen LogP contribution in [0.5, 0.6) is 0 Å². The Bertz CT molecular complexity index is 775. The number of aromatic nitrogens is 2. The highest BCUT2D eigenvalue weighted by Gasteiger charge is 2.26. The summed E-state index contributed by atoms with van der Waals surface area (Å²) in [5.41, 5.74) is 0.637. The number of imidazole rings is 1. The van der Waals surface area contributed by atoms with Gasteiger partial charge in [0.05, 0.1) is 23.8 Å². The average Bonchev–Trinajstić information content (AvgIpc) is 3.22. The van der Waals surface area contributed by atoms with Crippen LogP contribution in [0.3, 0.4) is 0 Å². The first kappa shape index (κ1) is 16.1. The summed E-state index contributed by atoms with van der Waals surface area (Å²) in [5, 5.41) is 15.6. The van der Waals surface area contributed by atoms with Gasteiger partial charge in [0.2, 0.25) is 0 Å². The van der Waals surface area contributed by atoms with Crippen LogP contribution < -0.4 is 10.6 Å². The van der Waals surface area contributed by atoms with Gasteiger partial charge in [0, 0.05) is 13.0 Å². The van der Waals surface area contributed by atoms with E-state index in [9.17, 15) is 9.90 Å². The molecule has 24 heavy (non-hydrogen) atoms. The second-order valence-corrected chi connectivity index (χ2v) is 5.81. The number of aromatic amines is 1. The molecular weight excluding hydrogens is 308 g/mol. The van der Waals surface area contributed by atoms with Crippen LogP contribution in [0.25, 0.3) is 11.0 Å². The lowest BCUT2D eigenvalue weighted by Crippen LogP contribution is -2.43. The average molecular weight is 328 g/mol. The van der Waals surface area contributed by atoms with Gasteiger partial charge in [0.15, 0.2) is 0 Å². The van der Waals surface area contributed by atoms with Gasteiger partial charge in [-0.3, -0.25) is 0 Å². The van der Waals surface area contributed by atoms with Gasteiger partial charge >= 0.3 is 6.03 Å². The highest BCUT2D eigenvalue weighted by molar-refractivity contribution is 5.75. The van der Waals surface area contributed by atoms with E-state index in [0.29, 0.717) is 18.7 Å². The fourth-order valence-corrected chi connectivity index (χ4v) is 2.41. The second kappa shape index (κ2) is 6.76. The van der Waals surface area contributed by atoms with Crippen LogP contribution in [0.2, 0.25) is 0 Å². The van der Waals surface area contributed by atoms with Gasteiger partial charge in [0.1, 0.15) is 17.2 Å². The minimum absolute atomic E-state index is 0.0526. The number of hydrogen-bond acceptors (Lipinski definition) is 4. The molecule has 0 bridgehead atoms. The minimum Gasteiger partial charge on any atom is -0.466 e. The van der Waals surface area contributed by atoms with E-state index in [1.54, 1.807) is 19.1 Å². The SMILES string of the molecule is CC(O)(CNC(=O)NCCc1nc2ccccc2[nH]1)c1ccco1. The third-order valence-electron chi connectivity index (χ3n) is 3.73. The monoisotopic (exact) mass is 328 g/mol. The zero-order valence-electron chi connectivity index (χ0n) is 13.4. The number of furan rings is 1. The van der Waals surface area contributed by atoms with Gasteiger partial charge in [-0.1, -0.05) is 12.1 Å².